The van der Waals surface area contributed by atoms with Gasteiger partial charge in [0.1, 0.15) is 35.6 Å². The maximum Gasteiger partial charge on any atom is 0.314 e. The van der Waals surface area contributed by atoms with Crippen LogP contribution in [0.25, 0.3) is 22.3 Å². The molecule has 6 atom stereocenters. The standard InChI is InChI=1S/C30H34O17/c1-30(40,9-18(33)34)10-19(35)47-28-26(42-3)22(37)20-13(32)8-15(44-25(20)27(28)43-4)12-5-6-14(16(7-12)41-2)45-29-24(39)23(38)21(36)17(11-31)46-29/h5-8,17,21,23-24,29,31,36-40H,9-11H2,1-4H3,(H,33,34)/t17-,21-,23+,24-,29-,30+/m1/s1. The lowest BCUT2D eigenvalue weighted by atomic mass is 9.98. The summed E-state index contributed by atoms with van der Waals surface area (Å²) >= 11 is 0. The van der Waals surface area contributed by atoms with E-state index in [0.29, 0.717) is 0 Å². The fraction of sp³-hybridized carbons (Fsp3) is 0.433. The van der Waals surface area contributed by atoms with Crippen molar-refractivity contribution in [2.24, 2.45) is 0 Å². The van der Waals surface area contributed by atoms with E-state index in [-0.39, 0.29) is 34.2 Å². The smallest absolute Gasteiger partial charge is 0.314 e. The Morgan fingerprint density at radius 2 is 1.60 bits per heavy atom. The molecule has 1 aliphatic heterocycles. The summed E-state index contributed by atoms with van der Waals surface area (Å²) < 4.78 is 38.3. The Hall–Kier alpha value is -4.65. The van der Waals surface area contributed by atoms with E-state index in [0.717, 1.165) is 27.2 Å². The van der Waals surface area contributed by atoms with Crippen molar-refractivity contribution in [2.75, 3.05) is 27.9 Å². The second-order valence-electron chi connectivity index (χ2n) is 10.8. The number of carboxylic acids is 1. The van der Waals surface area contributed by atoms with Crippen molar-refractivity contribution in [1.29, 1.82) is 0 Å². The molecule has 0 radical (unpaired) electrons. The summed E-state index contributed by atoms with van der Waals surface area (Å²) in [5.74, 6) is -4.64. The molecule has 47 heavy (non-hydrogen) atoms. The van der Waals surface area contributed by atoms with Gasteiger partial charge >= 0.3 is 11.9 Å². The molecule has 4 rings (SSSR count). The number of aromatic hydroxyl groups is 1. The number of hydrogen-bond donors (Lipinski definition) is 7. The monoisotopic (exact) mass is 666 g/mol. The van der Waals surface area contributed by atoms with Crippen LogP contribution < -0.4 is 29.1 Å². The van der Waals surface area contributed by atoms with Crippen molar-refractivity contribution in [3.05, 3.63) is 34.5 Å². The summed E-state index contributed by atoms with van der Waals surface area (Å²) in [5.41, 5.74) is -2.89. The number of aliphatic hydroxyl groups excluding tert-OH is 4. The Bertz CT molecular complexity index is 1690. The average molecular weight is 667 g/mol. The average Bonchev–Trinajstić information content (AvgIpc) is 3.00. The van der Waals surface area contributed by atoms with E-state index in [1.54, 1.807) is 0 Å². The number of aliphatic hydroxyl groups is 5. The van der Waals surface area contributed by atoms with Crippen molar-refractivity contribution in [1.82, 2.24) is 0 Å². The molecule has 3 aromatic rings. The van der Waals surface area contributed by atoms with Crippen LogP contribution in [0.4, 0.5) is 0 Å². The Labute approximate surface area is 265 Å². The van der Waals surface area contributed by atoms with E-state index in [2.05, 4.69) is 0 Å². The Kier molecular flexibility index (Phi) is 10.5. The van der Waals surface area contributed by atoms with E-state index in [4.69, 9.17) is 37.9 Å². The first kappa shape index (κ1) is 35.2. The number of carboxylic acid groups (broad SMARTS) is 1. The fourth-order valence-electron chi connectivity index (χ4n) is 4.97. The molecule has 2 heterocycles. The summed E-state index contributed by atoms with van der Waals surface area (Å²) in [6.07, 6.45) is -9.25. The number of benzene rings is 2. The third kappa shape index (κ3) is 7.19. The Morgan fingerprint density at radius 3 is 2.19 bits per heavy atom. The van der Waals surface area contributed by atoms with Crippen LogP contribution in [0.2, 0.25) is 0 Å². The molecule has 7 N–H and O–H groups in total. The predicted molar refractivity (Wildman–Crippen MR) is 157 cm³/mol. The number of hydrogen-bond acceptors (Lipinski definition) is 16. The minimum Gasteiger partial charge on any atom is -0.504 e. The number of rotatable bonds is 12. The van der Waals surface area contributed by atoms with Gasteiger partial charge in [0.15, 0.2) is 28.3 Å². The first-order chi connectivity index (χ1) is 22.2. The molecule has 1 fully saturated rings. The molecule has 17 heteroatoms. The lowest BCUT2D eigenvalue weighted by molar-refractivity contribution is -0.277. The summed E-state index contributed by atoms with van der Waals surface area (Å²) in [6.45, 7) is 0.452. The number of esters is 1. The topological polar surface area (TPSA) is 261 Å². The zero-order valence-electron chi connectivity index (χ0n) is 25.5. The molecule has 0 amide bonds. The number of carbonyl (C=O) groups excluding carboxylic acids is 1. The number of carbonyl (C=O) groups is 2. The molecule has 1 aliphatic rings. The van der Waals surface area contributed by atoms with Crippen LogP contribution in [0.5, 0.6) is 34.5 Å². The minimum atomic E-state index is -1.99. The molecule has 1 saturated heterocycles. The molecule has 256 valence electrons. The lowest BCUT2D eigenvalue weighted by Crippen LogP contribution is -2.60. The number of fused-ring (bicyclic) bond motifs is 1. The highest BCUT2D eigenvalue weighted by Crippen LogP contribution is 2.50. The van der Waals surface area contributed by atoms with Gasteiger partial charge in [-0.15, -0.1) is 0 Å². The van der Waals surface area contributed by atoms with E-state index < -0.39 is 95.8 Å². The van der Waals surface area contributed by atoms with Crippen LogP contribution in [0, 0.1) is 0 Å². The third-order valence-electron chi connectivity index (χ3n) is 7.24. The maximum absolute atomic E-state index is 13.3. The zero-order valence-corrected chi connectivity index (χ0v) is 25.5. The van der Waals surface area contributed by atoms with Crippen LogP contribution in [0.15, 0.2) is 33.5 Å². The second kappa shape index (κ2) is 14.0. The van der Waals surface area contributed by atoms with Gasteiger partial charge in [-0.2, -0.15) is 0 Å². The summed E-state index contributed by atoms with van der Waals surface area (Å²) in [5, 5.41) is 69.8. The molecule has 0 bridgehead atoms. The Balaban J connectivity index is 1.75. The van der Waals surface area contributed by atoms with E-state index >= 15 is 0 Å². The van der Waals surface area contributed by atoms with E-state index in [1.165, 1.54) is 25.3 Å². The Morgan fingerprint density at radius 1 is 0.915 bits per heavy atom. The molecule has 2 aromatic carbocycles. The molecule has 0 aliphatic carbocycles. The van der Waals surface area contributed by atoms with Gasteiger partial charge < -0.3 is 68.6 Å². The van der Waals surface area contributed by atoms with Gasteiger partial charge in [-0.1, -0.05) is 0 Å². The number of aliphatic carboxylic acids is 1. The lowest BCUT2D eigenvalue weighted by Gasteiger charge is -2.39. The summed E-state index contributed by atoms with van der Waals surface area (Å²) in [7, 11) is 3.57. The van der Waals surface area contributed by atoms with E-state index in [1.807, 2.05) is 0 Å². The van der Waals surface area contributed by atoms with Crippen molar-refractivity contribution >= 4 is 22.9 Å². The van der Waals surface area contributed by atoms with Gasteiger partial charge in [-0.25, -0.2) is 0 Å². The van der Waals surface area contributed by atoms with Gasteiger partial charge in [0, 0.05) is 11.6 Å². The highest BCUT2D eigenvalue weighted by Gasteiger charge is 2.45. The van der Waals surface area contributed by atoms with Crippen molar-refractivity contribution in [3.63, 3.8) is 0 Å². The number of methoxy groups -OCH3 is 3. The molecule has 1 aromatic heterocycles. The first-order valence-electron chi connectivity index (χ1n) is 13.9. The maximum atomic E-state index is 13.3. The van der Waals surface area contributed by atoms with Gasteiger partial charge in [-0.05, 0) is 25.1 Å². The van der Waals surface area contributed by atoms with Crippen LogP contribution in [-0.2, 0) is 14.3 Å². The second-order valence-corrected chi connectivity index (χ2v) is 10.8. The quantitative estimate of drug-likeness (QED) is 0.0982. The van der Waals surface area contributed by atoms with Crippen LogP contribution in [0.1, 0.15) is 19.8 Å². The highest BCUT2D eigenvalue weighted by atomic mass is 16.7. The minimum absolute atomic E-state index is 0.00310. The summed E-state index contributed by atoms with van der Waals surface area (Å²) in [4.78, 5) is 37.1. The van der Waals surface area contributed by atoms with Gasteiger partial charge in [0.2, 0.25) is 23.5 Å². The van der Waals surface area contributed by atoms with Crippen LogP contribution >= 0.6 is 0 Å². The predicted octanol–water partition coefficient (Wildman–Crippen LogP) is -0.109. The number of phenolic OH excluding ortho intramolecular Hbond substituents is 1. The zero-order chi connectivity index (χ0) is 34.8. The molecule has 0 spiro atoms. The van der Waals surface area contributed by atoms with Crippen molar-refractivity contribution in [3.8, 4) is 45.8 Å². The van der Waals surface area contributed by atoms with Crippen molar-refractivity contribution < 1.29 is 78.2 Å². The summed E-state index contributed by atoms with van der Waals surface area (Å²) in [6, 6.07) is 5.21. The van der Waals surface area contributed by atoms with Gasteiger partial charge in [0.25, 0.3) is 0 Å². The number of ether oxygens (including phenoxy) is 6. The van der Waals surface area contributed by atoms with Crippen LogP contribution in [-0.4, -0.2) is 112 Å². The van der Waals surface area contributed by atoms with Gasteiger partial charge in [-0.3, -0.25) is 14.4 Å². The molecular formula is C30H34O17. The molecule has 0 unspecified atom stereocenters. The largest absolute Gasteiger partial charge is 0.504 e. The van der Waals surface area contributed by atoms with Crippen molar-refractivity contribution in [2.45, 2.75) is 56.1 Å². The number of phenols is 1. The molecule has 0 saturated carbocycles. The fourth-order valence-corrected chi connectivity index (χ4v) is 4.97. The van der Waals surface area contributed by atoms with E-state index in [9.17, 15) is 45.0 Å². The normalized spacial score (nSPS) is 22.3. The third-order valence-corrected chi connectivity index (χ3v) is 7.24. The first-order valence-corrected chi connectivity index (χ1v) is 13.9. The highest BCUT2D eigenvalue weighted by molar-refractivity contribution is 5.96. The SMILES string of the molecule is COc1cc(-c2cc(=O)c3c(O)c(OC)c(OC(=O)C[C@@](C)(O)CC(=O)O)c(OC)c3o2)ccc1O[C@@H]1O[C@H](CO)[C@@H](O)[C@H](O)[C@H]1O. The molecular weight excluding hydrogens is 632 g/mol. The van der Waals surface area contributed by atoms with Gasteiger partial charge in [0.05, 0.1) is 46.4 Å². The molecule has 17 nitrogen and oxygen atoms in total. The van der Waals surface area contributed by atoms with Crippen LogP contribution in [0.3, 0.4) is 0 Å².